The van der Waals surface area contributed by atoms with Gasteiger partial charge in [-0.25, -0.2) is 0 Å². The maximum absolute atomic E-state index is 12.8. The molecule has 32 heavy (non-hydrogen) atoms. The van der Waals surface area contributed by atoms with Crippen LogP contribution in [0.25, 0.3) is 11.1 Å². The minimum Gasteiger partial charge on any atom is -0.397 e. The van der Waals surface area contributed by atoms with E-state index in [1.807, 2.05) is 72.8 Å². The lowest BCUT2D eigenvalue weighted by Gasteiger charge is -2.20. The number of hydrogen-bond acceptors (Lipinski definition) is 3. The van der Waals surface area contributed by atoms with Crippen LogP contribution < -0.4 is 11.1 Å². The van der Waals surface area contributed by atoms with Crippen LogP contribution in [-0.2, 0) is 11.2 Å². The van der Waals surface area contributed by atoms with E-state index in [0.717, 1.165) is 36.0 Å². The number of benzene rings is 3. The van der Waals surface area contributed by atoms with Crippen molar-refractivity contribution in [2.45, 2.75) is 44.9 Å². The largest absolute Gasteiger partial charge is 0.397 e. The molecule has 1 fully saturated rings. The second kappa shape index (κ2) is 10.3. The average Bonchev–Trinajstić information content (AvgIpc) is 2.85. The molecule has 0 spiro atoms. The molecular weight excluding hydrogens is 396 g/mol. The van der Waals surface area contributed by atoms with Crippen molar-refractivity contribution in [1.82, 2.24) is 0 Å². The molecule has 0 atom stereocenters. The number of rotatable bonds is 7. The molecule has 3 aromatic carbocycles. The van der Waals surface area contributed by atoms with Crippen molar-refractivity contribution in [3.8, 4) is 11.1 Å². The van der Waals surface area contributed by atoms with Crippen molar-refractivity contribution in [3.63, 3.8) is 0 Å². The van der Waals surface area contributed by atoms with Gasteiger partial charge in [0.05, 0.1) is 11.4 Å². The molecule has 164 valence electrons. The number of ketones is 1. The highest BCUT2D eigenvalue weighted by atomic mass is 16.1. The molecule has 1 aliphatic carbocycles. The van der Waals surface area contributed by atoms with E-state index in [0.29, 0.717) is 29.1 Å². The predicted molar refractivity (Wildman–Crippen MR) is 131 cm³/mol. The summed E-state index contributed by atoms with van der Waals surface area (Å²) in [4.78, 5) is 25.2. The molecule has 0 saturated heterocycles. The van der Waals surface area contributed by atoms with Crippen LogP contribution in [0.3, 0.4) is 0 Å². The van der Waals surface area contributed by atoms with Gasteiger partial charge in [0.25, 0.3) is 5.91 Å². The summed E-state index contributed by atoms with van der Waals surface area (Å²) in [5.74, 6) is 0.443. The Bertz CT molecular complexity index is 1070. The van der Waals surface area contributed by atoms with Gasteiger partial charge in [-0.15, -0.1) is 0 Å². The fraction of sp³-hybridized carbons (Fsp3) is 0.286. The summed E-state index contributed by atoms with van der Waals surface area (Å²) in [6.45, 7) is 0. The summed E-state index contributed by atoms with van der Waals surface area (Å²) in [6.07, 6.45) is 7.02. The smallest absolute Gasteiger partial charge is 0.255 e. The number of aryl methyl sites for hydroxylation is 1. The van der Waals surface area contributed by atoms with Gasteiger partial charge in [-0.3, -0.25) is 9.59 Å². The van der Waals surface area contributed by atoms with Crippen LogP contribution in [0.5, 0.6) is 0 Å². The average molecular weight is 427 g/mol. The molecule has 3 aromatic rings. The fourth-order valence-corrected chi connectivity index (χ4v) is 4.39. The third-order valence-corrected chi connectivity index (χ3v) is 6.35. The molecule has 0 radical (unpaired) electrons. The molecule has 1 aliphatic rings. The summed E-state index contributed by atoms with van der Waals surface area (Å²) in [5.41, 5.74) is 10.9. The van der Waals surface area contributed by atoms with Crippen LogP contribution in [0.15, 0.2) is 72.8 Å². The standard InChI is InChI=1S/C28H30N2O2/c29-25-17-16-24(21-7-3-1-4-8-21)19-26(25)30-28(32)23-14-11-20(12-15-23)13-18-27(31)22-9-5-2-6-10-22/h1,3-4,7-8,11-12,14-17,19,22H,2,5-6,9-10,13,18,29H2,(H,30,32). The van der Waals surface area contributed by atoms with Crippen LogP contribution in [0.2, 0.25) is 0 Å². The molecule has 0 bridgehead atoms. The first-order valence-electron chi connectivity index (χ1n) is 11.5. The maximum atomic E-state index is 12.8. The molecule has 1 saturated carbocycles. The molecular formula is C28H30N2O2. The summed E-state index contributed by atoms with van der Waals surface area (Å²) in [5, 5.41) is 2.93. The van der Waals surface area contributed by atoms with E-state index in [4.69, 9.17) is 5.73 Å². The van der Waals surface area contributed by atoms with Crippen LogP contribution >= 0.6 is 0 Å². The Labute approximate surface area is 189 Å². The van der Waals surface area contributed by atoms with Gasteiger partial charge < -0.3 is 11.1 Å². The number of nitrogens with one attached hydrogen (secondary N) is 1. The van der Waals surface area contributed by atoms with E-state index in [1.54, 1.807) is 0 Å². The lowest BCUT2D eigenvalue weighted by molar-refractivity contribution is -0.123. The van der Waals surface area contributed by atoms with Gasteiger partial charge >= 0.3 is 0 Å². The predicted octanol–water partition coefficient (Wildman–Crippen LogP) is 6.27. The van der Waals surface area contributed by atoms with Crippen LogP contribution in [0, 0.1) is 5.92 Å². The van der Waals surface area contributed by atoms with E-state index in [9.17, 15) is 9.59 Å². The van der Waals surface area contributed by atoms with Gasteiger partial charge in [-0.05, 0) is 60.2 Å². The van der Waals surface area contributed by atoms with Gasteiger partial charge in [-0.2, -0.15) is 0 Å². The molecule has 4 heteroatoms. The number of amides is 1. The SMILES string of the molecule is Nc1ccc(-c2ccccc2)cc1NC(=O)c1ccc(CCC(=O)C2CCCCC2)cc1. The zero-order chi connectivity index (χ0) is 22.3. The zero-order valence-corrected chi connectivity index (χ0v) is 18.3. The maximum Gasteiger partial charge on any atom is 0.255 e. The number of hydrogen-bond donors (Lipinski definition) is 2. The van der Waals surface area contributed by atoms with Crippen molar-refractivity contribution in [1.29, 1.82) is 0 Å². The quantitative estimate of drug-likeness (QED) is 0.437. The monoisotopic (exact) mass is 426 g/mol. The lowest BCUT2D eigenvalue weighted by Crippen LogP contribution is -2.18. The van der Waals surface area contributed by atoms with Crippen molar-refractivity contribution in [2.75, 3.05) is 11.1 Å². The van der Waals surface area contributed by atoms with Crippen molar-refractivity contribution < 1.29 is 9.59 Å². The normalized spacial score (nSPS) is 14.1. The summed E-state index contributed by atoms with van der Waals surface area (Å²) >= 11 is 0. The first kappa shape index (κ1) is 21.8. The zero-order valence-electron chi connectivity index (χ0n) is 18.3. The Morgan fingerprint density at radius 3 is 2.28 bits per heavy atom. The molecule has 0 aliphatic heterocycles. The molecule has 0 heterocycles. The third kappa shape index (κ3) is 5.44. The van der Waals surface area contributed by atoms with Gasteiger partial charge in [0, 0.05) is 17.9 Å². The van der Waals surface area contributed by atoms with Crippen molar-refractivity contribution >= 4 is 23.1 Å². The number of carbonyl (C=O) groups is 2. The minimum atomic E-state index is -0.202. The van der Waals surface area contributed by atoms with E-state index in [1.165, 1.54) is 19.3 Å². The molecule has 4 nitrogen and oxygen atoms in total. The number of anilines is 2. The highest BCUT2D eigenvalue weighted by Crippen LogP contribution is 2.28. The number of carbonyl (C=O) groups excluding carboxylic acids is 2. The minimum absolute atomic E-state index is 0.202. The van der Waals surface area contributed by atoms with Crippen LogP contribution in [0.1, 0.15) is 54.4 Å². The van der Waals surface area contributed by atoms with Crippen molar-refractivity contribution in [3.05, 3.63) is 83.9 Å². The number of Topliss-reactive ketones (excluding diaryl/α,β-unsaturated/α-hetero) is 1. The van der Waals surface area contributed by atoms with Gasteiger partial charge in [0.2, 0.25) is 0 Å². The topological polar surface area (TPSA) is 72.2 Å². The summed E-state index contributed by atoms with van der Waals surface area (Å²) in [6, 6.07) is 23.1. The molecule has 3 N–H and O–H groups in total. The van der Waals surface area contributed by atoms with Gasteiger partial charge in [-0.1, -0.05) is 67.8 Å². The summed E-state index contributed by atoms with van der Waals surface area (Å²) < 4.78 is 0. The van der Waals surface area contributed by atoms with Gasteiger partial charge in [0.1, 0.15) is 5.78 Å². The molecule has 0 aromatic heterocycles. The number of nitrogen functional groups attached to an aromatic ring is 1. The first-order chi connectivity index (χ1) is 15.6. The fourth-order valence-electron chi connectivity index (χ4n) is 4.39. The highest BCUT2D eigenvalue weighted by Gasteiger charge is 2.20. The lowest BCUT2D eigenvalue weighted by atomic mass is 9.84. The van der Waals surface area contributed by atoms with E-state index in [2.05, 4.69) is 5.32 Å². The Morgan fingerprint density at radius 2 is 1.56 bits per heavy atom. The van der Waals surface area contributed by atoms with Crippen molar-refractivity contribution in [2.24, 2.45) is 5.92 Å². The second-order valence-electron chi connectivity index (χ2n) is 8.62. The van der Waals surface area contributed by atoms with Gasteiger partial charge in [0.15, 0.2) is 0 Å². The Hall–Kier alpha value is -3.40. The molecule has 4 rings (SSSR count). The Kier molecular flexibility index (Phi) is 7.00. The second-order valence-corrected chi connectivity index (χ2v) is 8.62. The highest BCUT2D eigenvalue weighted by molar-refractivity contribution is 6.06. The van der Waals surface area contributed by atoms with Crippen LogP contribution in [0.4, 0.5) is 11.4 Å². The molecule has 1 amide bonds. The Balaban J connectivity index is 1.37. The Morgan fingerprint density at radius 1 is 0.844 bits per heavy atom. The summed E-state index contributed by atoms with van der Waals surface area (Å²) in [7, 11) is 0. The third-order valence-electron chi connectivity index (χ3n) is 6.35. The number of nitrogens with two attached hydrogens (primary N) is 1. The van der Waals surface area contributed by atoms with E-state index < -0.39 is 0 Å². The molecule has 0 unspecified atom stereocenters. The van der Waals surface area contributed by atoms with E-state index in [-0.39, 0.29) is 11.8 Å². The van der Waals surface area contributed by atoms with Crippen LogP contribution in [-0.4, -0.2) is 11.7 Å². The first-order valence-corrected chi connectivity index (χ1v) is 11.5. The van der Waals surface area contributed by atoms with E-state index >= 15 is 0 Å².